The fourth-order valence-corrected chi connectivity index (χ4v) is 4.41. The predicted octanol–water partition coefficient (Wildman–Crippen LogP) is 2.67. The molecule has 10 heteroatoms. The van der Waals surface area contributed by atoms with E-state index in [1.54, 1.807) is 45.0 Å². The SMILES string of the molecule is C#Cc1ccccc1C(C(=O)NC1CCCCC1)N(CC#N)C(=O)C(CCC(N)=O)NC(=O)OC(C)(C)C. The molecule has 4 amide bonds. The number of nitriles is 1. The van der Waals surface area contributed by atoms with Gasteiger partial charge in [-0.1, -0.05) is 43.4 Å². The molecule has 204 valence electrons. The Bertz CT molecular complexity index is 1090. The fraction of sp³-hybridized carbons (Fsp3) is 0.536. The van der Waals surface area contributed by atoms with Crippen LogP contribution in [0.1, 0.15) is 82.9 Å². The minimum atomic E-state index is -1.28. The second-order valence-electron chi connectivity index (χ2n) is 10.3. The van der Waals surface area contributed by atoms with Gasteiger partial charge < -0.3 is 26.0 Å². The van der Waals surface area contributed by atoms with Gasteiger partial charge in [0.1, 0.15) is 24.2 Å². The Morgan fingerprint density at radius 1 is 1.18 bits per heavy atom. The van der Waals surface area contributed by atoms with Crippen LogP contribution in [-0.2, 0) is 19.1 Å². The summed E-state index contributed by atoms with van der Waals surface area (Å²) in [5, 5.41) is 15.2. The third kappa shape index (κ3) is 9.11. The lowest BCUT2D eigenvalue weighted by Crippen LogP contribution is -2.54. The van der Waals surface area contributed by atoms with E-state index >= 15 is 0 Å². The van der Waals surface area contributed by atoms with Crippen LogP contribution in [0.15, 0.2) is 24.3 Å². The zero-order valence-electron chi connectivity index (χ0n) is 22.3. The summed E-state index contributed by atoms with van der Waals surface area (Å²) in [7, 11) is 0. The van der Waals surface area contributed by atoms with Gasteiger partial charge in [0.25, 0.3) is 0 Å². The van der Waals surface area contributed by atoms with Crippen LogP contribution in [0.2, 0.25) is 0 Å². The summed E-state index contributed by atoms with van der Waals surface area (Å²) < 4.78 is 5.29. The summed E-state index contributed by atoms with van der Waals surface area (Å²) in [5.41, 5.74) is 5.22. The first-order valence-electron chi connectivity index (χ1n) is 12.8. The van der Waals surface area contributed by atoms with Gasteiger partial charge in [-0.3, -0.25) is 14.4 Å². The van der Waals surface area contributed by atoms with Gasteiger partial charge >= 0.3 is 6.09 Å². The van der Waals surface area contributed by atoms with Crippen molar-refractivity contribution in [3.8, 4) is 18.4 Å². The number of nitrogens with one attached hydrogen (secondary N) is 2. The van der Waals surface area contributed by atoms with Crippen molar-refractivity contribution >= 4 is 23.8 Å². The molecule has 0 bridgehead atoms. The van der Waals surface area contributed by atoms with Crippen molar-refractivity contribution in [2.24, 2.45) is 5.73 Å². The number of ether oxygens (including phenoxy) is 1. The molecular formula is C28H37N5O5. The van der Waals surface area contributed by atoms with Crippen molar-refractivity contribution in [1.29, 1.82) is 5.26 Å². The monoisotopic (exact) mass is 523 g/mol. The molecule has 2 rings (SSSR count). The number of primary amides is 1. The molecular weight excluding hydrogens is 486 g/mol. The Morgan fingerprint density at radius 3 is 2.42 bits per heavy atom. The first kappa shape index (κ1) is 30.2. The van der Waals surface area contributed by atoms with Gasteiger partial charge in [0, 0.05) is 18.0 Å². The van der Waals surface area contributed by atoms with E-state index in [1.165, 1.54) is 0 Å². The van der Waals surface area contributed by atoms with Crippen molar-refractivity contribution in [2.75, 3.05) is 6.54 Å². The maximum Gasteiger partial charge on any atom is 0.408 e. The highest BCUT2D eigenvalue weighted by molar-refractivity contribution is 5.93. The molecule has 0 spiro atoms. The van der Waals surface area contributed by atoms with Crippen molar-refractivity contribution in [1.82, 2.24) is 15.5 Å². The second-order valence-corrected chi connectivity index (χ2v) is 10.3. The van der Waals surface area contributed by atoms with Crippen LogP contribution in [0.25, 0.3) is 0 Å². The van der Waals surface area contributed by atoms with Crippen molar-refractivity contribution in [3.63, 3.8) is 0 Å². The number of alkyl carbamates (subject to hydrolysis) is 1. The Morgan fingerprint density at radius 2 is 1.84 bits per heavy atom. The maximum atomic E-state index is 13.9. The summed E-state index contributed by atoms with van der Waals surface area (Å²) in [5.74, 6) is 0.651. The van der Waals surface area contributed by atoms with E-state index in [0.717, 1.165) is 37.0 Å². The topological polar surface area (TPSA) is 155 Å². The largest absolute Gasteiger partial charge is 0.444 e. The molecule has 1 aliphatic rings. The van der Waals surface area contributed by atoms with E-state index in [1.807, 2.05) is 6.07 Å². The number of benzene rings is 1. The van der Waals surface area contributed by atoms with E-state index in [2.05, 4.69) is 16.6 Å². The van der Waals surface area contributed by atoms with Crippen LogP contribution >= 0.6 is 0 Å². The normalized spacial score (nSPS) is 15.2. The smallest absolute Gasteiger partial charge is 0.408 e. The number of terminal acetylenes is 1. The lowest BCUT2D eigenvalue weighted by atomic mass is 9.93. The average molecular weight is 524 g/mol. The van der Waals surface area contributed by atoms with Crippen LogP contribution in [0, 0.1) is 23.7 Å². The first-order chi connectivity index (χ1) is 18.0. The van der Waals surface area contributed by atoms with Crippen molar-refractivity contribution in [2.45, 2.75) is 89.4 Å². The van der Waals surface area contributed by atoms with Crippen LogP contribution < -0.4 is 16.4 Å². The Labute approximate surface area is 224 Å². The van der Waals surface area contributed by atoms with E-state index < -0.39 is 48.0 Å². The number of hydrogen-bond acceptors (Lipinski definition) is 6. The number of amides is 4. The van der Waals surface area contributed by atoms with Gasteiger partial charge in [0.15, 0.2) is 0 Å². The summed E-state index contributed by atoms with van der Waals surface area (Å²) in [4.78, 5) is 52.8. The second kappa shape index (κ2) is 14.0. The number of carbonyl (C=O) groups excluding carboxylic acids is 4. The fourth-order valence-electron chi connectivity index (χ4n) is 4.41. The number of carbonyl (C=O) groups is 4. The molecule has 1 saturated carbocycles. The van der Waals surface area contributed by atoms with Crippen molar-refractivity contribution < 1.29 is 23.9 Å². The van der Waals surface area contributed by atoms with E-state index in [9.17, 15) is 24.4 Å². The number of nitrogens with two attached hydrogens (primary N) is 1. The van der Waals surface area contributed by atoms with Gasteiger partial charge in [-0.2, -0.15) is 5.26 Å². The quantitative estimate of drug-likeness (QED) is 0.316. The van der Waals surface area contributed by atoms with Gasteiger partial charge in [-0.25, -0.2) is 4.79 Å². The van der Waals surface area contributed by atoms with E-state index in [-0.39, 0.29) is 18.9 Å². The molecule has 38 heavy (non-hydrogen) atoms. The molecule has 1 aliphatic carbocycles. The Hall–Kier alpha value is -4.05. The minimum absolute atomic E-state index is 0.0682. The van der Waals surface area contributed by atoms with Gasteiger partial charge in [-0.15, -0.1) is 6.42 Å². The van der Waals surface area contributed by atoms with Gasteiger partial charge in [0.2, 0.25) is 17.7 Å². The molecule has 4 N–H and O–H groups in total. The number of hydrogen-bond donors (Lipinski definition) is 3. The van der Waals surface area contributed by atoms with Gasteiger partial charge in [-0.05, 0) is 51.7 Å². The van der Waals surface area contributed by atoms with E-state index in [4.69, 9.17) is 16.9 Å². The molecule has 1 aromatic carbocycles. The molecule has 0 radical (unpaired) electrons. The summed E-state index contributed by atoms with van der Waals surface area (Å²) >= 11 is 0. The van der Waals surface area contributed by atoms with Crippen LogP contribution in [0.5, 0.6) is 0 Å². The van der Waals surface area contributed by atoms with Gasteiger partial charge in [0.05, 0.1) is 6.07 Å². The molecule has 0 aromatic heterocycles. The molecule has 0 heterocycles. The molecule has 10 nitrogen and oxygen atoms in total. The third-order valence-electron chi connectivity index (χ3n) is 6.12. The van der Waals surface area contributed by atoms with Crippen LogP contribution in [0.4, 0.5) is 4.79 Å². The lowest BCUT2D eigenvalue weighted by Gasteiger charge is -2.34. The standard InChI is InChI=1S/C28H37N5O5/c1-5-19-11-9-10-14-21(19)24(25(35)31-20-12-7-6-8-13-20)33(18-17-29)26(36)22(15-16-23(30)34)32-27(37)38-28(2,3)4/h1,9-11,14,20,22,24H,6-8,12-13,15-16,18H2,2-4H3,(H2,30,34)(H,31,35)(H,32,37). The number of rotatable bonds is 10. The first-order valence-corrected chi connectivity index (χ1v) is 12.8. The zero-order valence-corrected chi connectivity index (χ0v) is 22.3. The highest BCUT2D eigenvalue weighted by atomic mass is 16.6. The molecule has 2 unspecified atom stereocenters. The number of nitrogens with zero attached hydrogens (tertiary/aromatic N) is 2. The minimum Gasteiger partial charge on any atom is -0.444 e. The average Bonchev–Trinajstić information content (AvgIpc) is 2.85. The molecule has 1 fully saturated rings. The van der Waals surface area contributed by atoms with Crippen LogP contribution in [0.3, 0.4) is 0 Å². The van der Waals surface area contributed by atoms with Crippen LogP contribution in [-0.4, -0.2) is 52.9 Å². The molecule has 2 atom stereocenters. The molecule has 1 aromatic rings. The maximum absolute atomic E-state index is 13.9. The Kier molecular flexibility index (Phi) is 11.1. The zero-order chi connectivity index (χ0) is 28.3. The molecule has 0 aliphatic heterocycles. The highest BCUT2D eigenvalue weighted by Gasteiger charge is 2.38. The summed E-state index contributed by atoms with van der Waals surface area (Å²) in [6, 6.07) is 6.04. The summed E-state index contributed by atoms with van der Waals surface area (Å²) in [6.07, 6.45) is 9.13. The lowest BCUT2D eigenvalue weighted by molar-refractivity contribution is -0.142. The van der Waals surface area contributed by atoms with E-state index in [0.29, 0.717) is 11.1 Å². The molecule has 0 saturated heterocycles. The predicted molar refractivity (Wildman–Crippen MR) is 141 cm³/mol. The highest BCUT2D eigenvalue weighted by Crippen LogP contribution is 2.27. The third-order valence-corrected chi connectivity index (χ3v) is 6.12. The summed E-state index contributed by atoms with van der Waals surface area (Å²) in [6.45, 7) is 4.52. The Balaban J connectivity index is 2.50. The van der Waals surface area contributed by atoms with Crippen molar-refractivity contribution in [3.05, 3.63) is 35.4 Å².